The highest BCUT2D eigenvalue weighted by atomic mass is 35.5. The molecule has 1 aliphatic carbocycles. The number of rotatable bonds is 3. The monoisotopic (exact) mass is 217 g/mol. The quantitative estimate of drug-likeness (QED) is 0.724. The highest BCUT2D eigenvalue weighted by Crippen LogP contribution is 2.26. The van der Waals surface area contributed by atoms with Crippen LogP contribution in [-0.2, 0) is 4.79 Å². The first-order valence-corrected chi connectivity index (χ1v) is 5.86. The number of hydrogen-bond acceptors (Lipinski definition) is 1. The van der Waals surface area contributed by atoms with E-state index in [0.717, 1.165) is 18.8 Å². The van der Waals surface area contributed by atoms with Gasteiger partial charge in [-0.05, 0) is 39.0 Å². The summed E-state index contributed by atoms with van der Waals surface area (Å²) < 4.78 is 0. The van der Waals surface area contributed by atoms with Crippen molar-refractivity contribution < 1.29 is 4.79 Å². The molecule has 1 amide bonds. The van der Waals surface area contributed by atoms with Crippen LogP contribution in [0, 0.1) is 11.3 Å². The van der Waals surface area contributed by atoms with E-state index in [1.54, 1.807) is 0 Å². The predicted octanol–water partition coefficient (Wildman–Crippen LogP) is 2.56. The Kier molecular flexibility index (Phi) is 3.82. The van der Waals surface area contributed by atoms with Gasteiger partial charge in [0, 0.05) is 11.9 Å². The van der Waals surface area contributed by atoms with Gasteiger partial charge < -0.3 is 5.32 Å². The zero-order valence-corrected chi connectivity index (χ0v) is 10.0. The van der Waals surface area contributed by atoms with E-state index in [4.69, 9.17) is 11.6 Å². The predicted molar refractivity (Wildman–Crippen MR) is 59.4 cm³/mol. The molecule has 0 radical (unpaired) electrons. The Morgan fingerprint density at radius 2 is 2.14 bits per heavy atom. The Balaban J connectivity index is 2.41. The average Bonchev–Trinajstić information content (AvgIpc) is 2.51. The number of hydrogen-bond donors (Lipinski definition) is 1. The van der Waals surface area contributed by atoms with Crippen LogP contribution in [-0.4, -0.2) is 17.8 Å². The number of alkyl halides is 1. The van der Waals surface area contributed by atoms with Gasteiger partial charge in [0.15, 0.2) is 0 Å². The van der Waals surface area contributed by atoms with Gasteiger partial charge in [-0.15, -0.1) is 11.6 Å². The van der Waals surface area contributed by atoms with E-state index in [9.17, 15) is 4.79 Å². The lowest BCUT2D eigenvalue weighted by Crippen LogP contribution is -2.42. The topological polar surface area (TPSA) is 29.1 Å². The third-order valence-corrected chi connectivity index (χ3v) is 3.65. The van der Waals surface area contributed by atoms with Crippen molar-refractivity contribution in [3.63, 3.8) is 0 Å². The largest absolute Gasteiger partial charge is 0.353 e. The molecule has 3 heteroatoms. The highest BCUT2D eigenvalue weighted by Gasteiger charge is 2.30. The van der Waals surface area contributed by atoms with Crippen molar-refractivity contribution in [1.82, 2.24) is 5.32 Å². The lowest BCUT2D eigenvalue weighted by Gasteiger charge is -2.23. The summed E-state index contributed by atoms with van der Waals surface area (Å²) in [5.74, 6) is 1.21. The van der Waals surface area contributed by atoms with Crippen LogP contribution in [0.15, 0.2) is 0 Å². The maximum atomic E-state index is 11.8. The molecule has 0 aromatic carbocycles. The third-order valence-electron chi connectivity index (χ3n) is 2.98. The zero-order valence-electron chi connectivity index (χ0n) is 9.27. The normalized spacial score (nSPS) is 27.7. The molecule has 0 aromatic heterocycles. The van der Waals surface area contributed by atoms with Crippen molar-refractivity contribution in [2.75, 3.05) is 5.88 Å². The maximum Gasteiger partial charge on any atom is 0.227 e. The molecule has 2 atom stereocenters. The van der Waals surface area contributed by atoms with E-state index in [0.29, 0.717) is 11.9 Å². The minimum absolute atomic E-state index is 0.0894. The van der Waals surface area contributed by atoms with E-state index in [1.165, 1.54) is 6.42 Å². The number of carbonyl (C=O) groups is 1. The summed E-state index contributed by atoms with van der Waals surface area (Å²) in [4.78, 5) is 11.8. The highest BCUT2D eigenvalue weighted by molar-refractivity contribution is 6.19. The Morgan fingerprint density at radius 3 is 2.57 bits per heavy atom. The van der Waals surface area contributed by atoms with Gasteiger partial charge in [0.05, 0.1) is 5.41 Å². The molecule has 82 valence electrons. The molecule has 1 N–H and O–H groups in total. The van der Waals surface area contributed by atoms with Gasteiger partial charge in [0.2, 0.25) is 5.91 Å². The van der Waals surface area contributed by atoms with Gasteiger partial charge in [-0.25, -0.2) is 0 Å². The Hall–Kier alpha value is -0.240. The van der Waals surface area contributed by atoms with E-state index in [2.05, 4.69) is 12.2 Å². The second-order valence-electron chi connectivity index (χ2n) is 5.11. The first-order valence-electron chi connectivity index (χ1n) is 5.32. The van der Waals surface area contributed by atoms with E-state index in [1.807, 2.05) is 13.8 Å². The van der Waals surface area contributed by atoms with Crippen molar-refractivity contribution in [2.24, 2.45) is 11.3 Å². The average molecular weight is 218 g/mol. The molecule has 1 fully saturated rings. The number of halogens is 1. The molecular weight excluding hydrogens is 198 g/mol. The van der Waals surface area contributed by atoms with Crippen LogP contribution in [0.25, 0.3) is 0 Å². The fourth-order valence-electron chi connectivity index (χ4n) is 1.78. The summed E-state index contributed by atoms with van der Waals surface area (Å²) in [5, 5.41) is 3.08. The van der Waals surface area contributed by atoms with Crippen molar-refractivity contribution in [2.45, 2.75) is 46.1 Å². The summed E-state index contributed by atoms with van der Waals surface area (Å²) in [6.07, 6.45) is 3.46. The molecular formula is C11H20ClNO. The summed E-state index contributed by atoms with van der Waals surface area (Å²) in [6, 6.07) is 0.375. The van der Waals surface area contributed by atoms with Gasteiger partial charge >= 0.3 is 0 Å². The second kappa shape index (κ2) is 4.52. The van der Waals surface area contributed by atoms with Crippen LogP contribution < -0.4 is 5.32 Å². The molecule has 1 saturated carbocycles. The molecule has 0 aromatic rings. The lowest BCUT2D eigenvalue weighted by atomic mass is 9.94. The number of nitrogens with one attached hydrogen (secondary N) is 1. The molecule has 0 aliphatic heterocycles. The SMILES string of the molecule is CC1CCC(NC(=O)C(C)(C)CCl)C1. The van der Waals surface area contributed by atoms with Crippen LogP contribution in [0.5, 0.6) is 0 Å². The molecule has 2 unspecified atom stereocenters. The molecule has 1 rings (SSSR count). The van der Waals surface area contributed by atoms with Crippen molar-refractivity contribution in [3.05, 3.63) is 0 Å². The van der Waals surface area contributed by atoms with Crippen molar-refractivity contribution >= 4 is 17.5 Å². The third kappa shape index (κ3) is 2.88. The standard InChI is InChI=1S/C11H20ClNO/c1-8-4-5-9(6-8)13-10(14)11(2,3)7-12/h8-9H,4-7H2,1-3H3,(H,13,14). The first kappa shape index (κ1) is 11.8. The molecule has 1 aliphatic rings. The van der Waals surface area contributed by atoms with Gasteiger partial charge in [-0.2, -0.15) is 0 Å². The molecule has 14 heavy (non-hydrogen) atoms. The fourth-order valence-corrected chi connectivity index (χ4v) is 1.90. The molecule has 0 saturated heterocycles. The van der Waals surface area contributed by atoms with Gasteiger partial charge in [-0.3, -0.25) is 4.79 Å². The maximum absolute atomic E-state index is 11.8. The van der Waals surface area contributed by atoms with Crippen molar-refractivity contribution in [3.8, 4) is 0 Å². The van der Waals surface area contributed by atoms with Crippen molar-refractivity contribution in [1.29, 1.82) is 0 Å². The summed E-state index contributed by atoms with van der Waals surface area (Å²) in [7, 11) is 0. The fraction of sp³-hybridized carbons (Fsp3) is 0.909. The van der Waals surface area contributed by atoms with E-state index < -0.39 is 5.41 Å². The zero-order chi connectivity index (χ0) is 10.8. The summed E-state index contributed by atoms with van der Waals surface area (Å²) in [6.45, 7) is 6.00. The van der Waals surface area contributed by atoms with Gasteiger partial charge in [0.25, 0.3) is 0 Å². The second-order valence-corrected chi connectivity index (χ2v) is 5.37. The van der Waals surface area contributed by atoms with Crippen LogP contribution in [0.2, 0.25) is 0 Å². The van der Waals surface area contributed by atoms with E-state index >= 15 is 0 Å². The Labute approximate surface area is 91.4 Å². The van der Waals surface area contributed by atoms with Crippen LogP contribution in [0.3, 0.4) is 0 Å². The lowest BCUT2D eigenvalue weighted by molar-refractivity contribution is -0.129. The number of amides is 1. The van der Waals surface area contributed by atoms with Gasteiger partial charge in [-0.1, -0.05) is 6.92 Å². The Morgan fingerprint density at radius 1 is 1.50 bits per heavy atom. The molecule has 2 nitrogen and oxygen atoms in total. The van der Waals surface area contributed by atoms with Gasteiger partial charge in [0.1, 0.15) is 0 Å². The van der Waals surface area contributed by atoms with E-state index in [-0.39, 0.29) is 5.91 Å². The summed E-state index contributed by atoms with van der Waals surface area (Å²) >= 11 is 5.74. The van der Waals surface area contributed by atoms with Crippen LogP contribution in [0.1, 0.15) is 40.0 Å². The molecule has 0 spiro atoms. The minimum Gasteiger partial charge on any atom is -0.353 e. The van der Waals surface area contributed by atoms with Crippen LogP contribution in [0.4, 0.5) is 0 Å². The number of carbonyl (C=O) groups excluding carboxylic acids is 1. The smallest absolute Gasteiger partial charge is 0.227 e. The minimum atomic E-state index is -0.437. The van der Waals surface area contributed by atoms with Crippen LogP contribution >= 0.6 is 11.6 Å². The Bertz CT molecular complexity index is 215. The first-order chi connectivity index (χ1) is 6.45. The molecule has 0 heterocycles. The summed E-state index contributed by atoms with van der Waals surface area (Å²) in [5.41, 5.74) is -0.437. The molecule has 0 bridgehead atoms.